The van der Waals surface area contributed by atoms with Crippen LogP contribution in [0.2, 0.25) is 5.15 Å². The molecule has 0 saturated carbocycles. The number of hydrogen-bond donors (Lipinski definition) is 0. The highest BCUT2D eigenvalue weighted by Gasteiger charge is 2.17. The Hall–Kier alpha value is -1.41. The normalized spacial score (nSPS) is 14.2. The molecule has 1 aliphatic carbocycles. The lowest BCUT2D eigenvalue weighted by Crippen LogP contribution is -2.08. The molecular formula is C16H17ClN2. The van der Waals surface area contributed by atoms with Crippen molar-refractivity contribution in [1.82, 2.24) is 9.97 Å². The highest BCUT2D eigenvalue weighted by atomic mass is 35.5. The van der Waals surface area contributed by atoms with Crippen LogP contribution in [0.4, 0.5) is 0 Å². The topological polar surface area (TPSA) is 25.8 Å². The first-order valence-electron chi connectivity index (χ1n) is 6.92. The van der Waals surface area contributed by atoms with Gasteiger partial charge >= 0.3 is 0 Å². The van der Waals surface area contributed by atoms with Crippen molar-refractivity contribution < 1.29 is 0 Å². The number of aryl methyl sites for hydroxylation is 2. The SMILES string of the molecule is CCc1ccc(-c2nc(Cl)c3c(n2)CCCC3)cc1. The monoisotopic (exact) mass is 272 g/mol. The average molecular weight is 273 g/mol. The van der Waals surface area contributed by atoms with Crippen molar-refractivity contribution in [2.75, 3.05) is 0 Å². The molecule has 1 heterocycles. The van der Waals surface area contributed by atoms with E-state index in [2.05, 4.69) is 36.2 Å². The smallest absolute Gasteiger partial charge is 0.161 e. The second-order valence-corrected chi connectivity index (χ2v) is 5.38. The zero-order chi connectivity index (χ0) is 13.2. The molecule has 2 aromatic rings. The Morgan fingerprint density at radius 2 is 1.79 bits per heavy atom. The summed E-state index contributed by atoms with van der Waals surface area (Å²) in [4.78, 5) is 9.17. The Kier molecular flexibility index (Phi) is 3.52. The fraction of sp³-hybridized carbons (Fsp3) is 0.375. The molecule has 1 aromatic heterocycles. The number of benzene rings is 1. The highest BCUT2D eigenvalue weighted by molar-refractivity contribution is 6.30. The first-order chi connectivity index (χ1) is 9.28. The van der Waals surface area contributed by atoms with E-state index in [-0.39, 0.29) is 0 Å². The minimum Gasteiger partial charge on any atom is -0.233 e. The molecule has 1 aromatic carbocycles. The number of nitrogens with zero attached hydrogens (tertiary/aromatic N) is 2. The summed E-state index contributed by atoms with van der Waals surface area (Å²) in [5.74, 6) is 0.758. The van der Waals surface area contributed by atoms with Gasteiger partial charge in [0.25, 0.3) is 0 Å². The third-order valence-electron chi connectivity index (χ3n) is 3.75. The van der Waals surface area contributed by atoms with Gasteiger partial charge in [0.1, 0.15) is 5.15 Å². The summed E-state index contributed by atoms with van der Waals surface area (Å²) in [6, 6.07) is 8.43. The van der Waals surface area contributed by atoms with Gasteiger partial charge in [0, 0.05) is 16.8 Å². The minimum atomic E-state index is 0.638. The number of aromatic nitrogens is 2. The highest BCUT2D eigenvalue weighted by Crippen LogP contribution is 2.28. The van der Waals surface area contributed by atoms with Crippen LogP contribution in [0.25, 0.3) is 11.4 Å². The fourth-order valence-electron chi connectivity index (χ4n) is 2.57. The molecule has 0 saturated heterocycles. The first-order valence-corrected chi connectivity index (χ1v) is 7.30. The van der Waals surface area contributed by atoms with Crippen LogP contribution >= 0.6 is 11.6 Å². The molecule has 0 spiro atoms. The van der Waals surface area contributed by atoms with E-state index in [4.69, 9.17) is 16.6 Å². The predicted octanol–water partition coefficient (Wildman–Crippen LogP) is 4.24. The second-order valence-electron chi connectivity index (χ2n) is 5.02. The van der Waals surface area contributed by atoms with E-state index in [9.17, 15) is 0 Å². The average Bonchev–Trinajstić information content (AvgIpc) is 2.47. The molecule has 3 rings (SSSR count). The van der Waals surface area contributed by atoms with Crippen LogP contribution in [0, 0.1) is 0 Å². The maximum Gasteiger partial charge on any atom is 0.161 e. The van der Waals surface area contributed by atoms with Gasteiger partial charge in [-0.1, -0.05) is 42.8 Å². The lowest BCUT2D eigenvalue weighted by molar-refractivity contribution is 0.663. The van der Waals surface area contributed by atoms with E-state index in [1.54, 1.807) is 0 Å². The standard InChI is InChI=1S/C16H17ClN2/c1-2-11-7-9-12(10-8-11)16-18-14-6-4-3-5-13(14)15(17)19-16/h7-10H,2-6H2,1H3. The van der Waals surface area contributed by atoms with Crippen molar-refractivity contribution in [2.24, 2.45) is 0 Å². The van der Waals surface area contributed by atoms with Gasteiger partial charge in [-0.2, -0.15) is 0 Å². The number of hydrogen-bond acceptors (Lipinski definition) is 2. The fourth-order valence-corrected chi connectivity index (χ4v) is 2.85. The second kappa shape index (κ2) is 5.30. The molecule has 98 valence electrons. The molecule has 2 nitrogen and oxygen atoms in total. The zero-order valence-electron chi connectivity index (χ0n) is 11.1. The van der Waals surface area contributed by atoms with Gasteiger partial charge < -0.3 is 0 Å². The molecular weight excluding hydrogens is 256 g/mol. The van der Waals surface area contributed by atoms with Crippen LogP contribution in [-0.4, -0.2) is 9.97 Å². The molecule has 0 radical (unpaired) electrons. The van der Waals surface area contributed by atoms with Gasteiger partial charge in [-0.05, 0) is 37.7 Å². The summed E-state index contributed by atoms with van der Waals surface area (Å²) < 4.78 is 0. The largest absolute Gasteiger partial charge is 0.233 e. The van der Waals surface area contributed by atoms with Gasteiger partial charge in [0.2, 0.25) is 0 Å². The third-order valence-corrected chi connectivity index (χ3v) is 4.07. The first kappa shape index (κ1) is 12.6. The molecule has 0 atom stereocenters. The van der Waals surface area contributed by atoms with Crippen LogP contribution in [0.15, 0.2) is 24.3 Å². The maximum atomic E-state index is 6.30. The zero-order valence-corrected chi connectivity index (χ0v) is 11.9. The molecule has 0 unspecified atom stereocenters. The molecule has 0 bridgehead atoms. The van der Waals surface area contributed by atoms with Crippen molar-refractivity contribution in [3.05, 3.63) is 46.2 Å². The summed E-state index contributed by atoms with van der Waals surface area (Å²) in [5.41, 5.74) is 4.67. The van der Waals surface area contributed by atoms with Crippen molar-refractivity contribution in [2.45, 2.75) is 39.0 Å². The third kappa shape index (κ3) is 2.50. The summed E-state index contributed by atoms with van der Waals surface area (Å²) in [5, 5.41) is 0.638. The Balaban J connectivity index is 2.02. The van der Waals surface area contributed by atoms with E-state index in [0.717, 1.165) is 41.9 Å². The quantitative estimate of drug-likeness (QED) is 0.764. The van der Waals surface area contributed by atoms with Crippen molar-refractivity contribution in [3.63, 3.8) is 0 Å². The molecule has 0 amide bonds. The van der Waals surface area contributed by atoms with Crippen molar-refractivity contribution >= 4 is 11.6 Å². The number of halogens is 1. The van der Waals surface area contributed by atoms with E-state index in [1.165, 1.54) is 18.4 Å². The van der Waals surface area contributed by atoms with Gasteiger partial charge in [-0.15, -0.1) is 0 Å². The Morgan fingerprint density at radius 1 is 1.05 bits per heavy atom. The van der Waals surface area contributed by atoms with E-state index < -0.39 is 0 Å². The van der Waals surface area contributed by atoms with Crippen molar-refractivity contribution in [1.29, 1.82) is 0 Å². The Bertz CT molecular complexity index is 590. The lowest BCUT2D eigenvalue weighted by atomic mass is 9.97. The number of rotatable bonds is 2. The molecule has 3 heteroatoms. The van der Waals surface area contributed by atoms with E-state index >= 15 is 0 Å². The van der Waals surface area contributed by atoms with Crippen LogP contribution in [-0.2, 0) is 19.3 Å². The van der Waals surface area contributed by atoms with E-state index in [1.807, 2.05) is 0 Å². The van der Waals surface area contributed by atoms with E-state index in [0.29, 0.717) is 5.15 Å². The van der Waals surface area contributed by atoms with Crippen LogP contribution < -0.4 is 0 Å². The van der Waals surface area contributed by atoms with Crippen molar-refractivity contribution in [3.8, 4) is 11.4 Å². The van der Waals surface area contributed by atoms with Gasteiger partial charge in [0.15, 0.2) is 5.82 Å². The predicted molar refractivity (Wildman–Crippen MR) is 78.5 cm³/mol. The summed E-state index contributed by atoms with van der Waals surface area (Å²) in [7, 11) is 0. The summed E-state index contributed by atoms with van der Waals surface area (Å²) >= 11 is 6.30. The Labute approximate surface area is 118 Å². The number of fused-ring (bicyclic) bond motifs is 1. The molecule has 0 fully saturated rings. The summed E-state index contributed by atoms with van der Waals surface area (Å²) in [6.45, 7) is 2.15. The summed E-state index contributed by atoms with van der Waals surface area (Å²) in [6.07, 6.45) is 5.49. The molecule has 1 aliphatic rings. The van der Waals surface area contributed by atoms with Gasteiger partial charge in [-0.25, -0.2) is 9.97 Å². The van der Waals surface area contributed by atoms with Crippen LogP contribution in [0.3, 0.4) is 0 Å². The maximum absolute atomic E-state index is 6.30. The molecule has 0 aliphatic heterocycles. The lowest BCUT2D eigenvalue weighted by Gasteiger charge is -2.16. The van der Waals surface area contributed by atoms with Gasteiger partial charge in [0.05, 0.1) is 0 Å². The van der Waals surface area contributed by atoms with Crippen LogP contribution in [0.5, 0.6) is 0 Å². The Morgan fingerprint density at radius 3 is 2.53 bits per heavy atom. The van der Waals surface area contributed by atoms with Gasteiger partial charge in [-0.3, -0.25) is 0 Å². The molecule has 19 heavy (non-hydrogen) atoms. The molecule has 0 N–H and O–H groups in total. The minimum absolute atomic E-state index is 0.638. The van der Waals surface area contributed by atoms with Crippen LogP contribution in [0.1, 0.15) is 36.6 Å².